The number of unbranched alkanes of at least 4 members (excludes halogenated alkanes) is 5. The van der Waals surface area contributed by atoms with E-state index in [-0.39, 0.29) is 26.1 Å². The summed E-state index contributed by atoms with van der Waals surface area (Å²) in [5.41, 5.74) is 0. The van der Waals surface area contributed by atoms with E-state index in [1.165, 1.54) is 0 Å². The summed E-state index contributed by atoms with van der Waals surface area (Å²) in [4.78, 5) is 35.6. The number of carbonyl (C=O) groups is 2. The van der Waals surface area contributed by atoms with E-state index in [1.807, 2.05) is 21.1 Å². The quantitative estimate of drug-likeness (QED) is 0.0211. The number of ether oxygens (including phenoxy) is 2. The third kappa shape index (κ3) is 58.4. The fraction of sp³-hybridized carbons (Fsp3) is 0.515. The second-order valence-corrected chi connectivity index (χ2v) is 20.7. The van der Waals surface area contributed by atoms with Gasteiger partial charge in [0.25, 0.3) is 0 Å². The maximum Gasteiger partial charge on any atom is 0.472 e. The van der Waals surface area contributed by atoms with Gasteiger partial charge in [0.2, 0.25) is 0 Å². The summed E-state index contributed by atoms with van der Waals surface area (Å²) in [6.45, 7) is 4.07. The minimum atomic E-state index is -4.42. The molecule has 0 rings (SSSR count). The first-order valence-electron chi connectivity index (χ1n) is 28.5. The van der Waals surface area contributed by atoms with Crippen molar-refractivity contribution in [1.29, 1.82) is 0 Å². The van der Waals surface area contributed by atoms with Crippen molar-refractivity contribution in [2.24, 2.45) is 0 Å². The van der Waals surface area contributed by atoms with Gasteiger partial charge in [0.1, 0.15) is 19.8 Å². The Morgan fingerprint density at radius 1 is 0.408 bits per heavy atom. The predicted octanol–water partition coefficient (Wildman–Crippen LogP) is 18.0. The van der Waals surface area contributed by atoms with Crippen LogP contribution in [-0.2, 0) is 32.7 Å². The Morgan fingerprint density at radius 2 is 0.711 bits per heavy atom. The van der Waals surface area contributed by atoms with Gasteiger partial charge in [-0.2, -0.15) is 0 Å². The van der Waals surface area contributed by atoms with Crippen LogP contribution in [-0.4, -0.2) is 74.9 Å². The topological polar surface area (TPSA) is 108 Å². The maximum absolute atomic E-state index is 12.8. The van der Waals surface area contributed by atoms with Gasteiger partial charge in [-0.1, -0.05) is 203 Å². The highest BCUT2D eigenvalue weighted by Gasteiger charge is 2.27. The van der Waals surface area contributed by atoms with Crippen molar-refractivity contribution in [3.05, 3.63) is 182 Å². The van der Waals surface area contributed by atoms with Crippen LogP contribution in [0, 0.1) is 0 Å². The largest absolute Gasteiger partial charge is 0.472 e. The Bertz CT molecular complexity index is 1930. The number of rotatable bonds is 49. The van der Waals surface area contributed by atoms with Crippen LogP contribution in [0.1, 0.15) is 168 Å². The van der Waals surface area contributed by atoms with Crippen molar-refractivity contribution in [1.82, 2.24) is 0 Å². The first kappa shape index (κ1) is 71.1. The molecule has 0 spiro atoms. The molecule has 0 aromatic carbocycles. The molecule has 0 aliphatic rings. The molecule has 0 aliphatic carbocycles. The number of phosphoric acid groups is 1. The van der Waals surface area contributed by atoms with Crippen LogP contribution in [0.5, 0.6) is 0 Å². The third-order valence-electron chi connectivity index (χ3n) is 10.9. The molecule has 0 fully saturated rings. The Labute approximate surface area is 463 Å². The summed E-state index contributed by atoms with van der Waals surface area (Å²) < 4.78 is 34.4. The number of quaternary nitrogens is 1. The van der Waals surface area contributed by atoms with Crippen molar-refractivity contribution in [3.8, 4) is 0 Å². The van der Waals surface area contributed by atoms with Gasteiger partial charge < -0.3 is 18.9 Å². The van der Waals surface area contributed by atoms with Gasteiger partial charge in [-0.15, -0.1) is 0 Å². The second-order valence-electron chi connectivity index (χ2n) is 19.2. The summed E-state index contributed by atoms with van der Waals surface area (Å²) in [7, 11) is 1.40. The van der Waals surface area contributed by atoms with Crippen LogP contribution in [0.15, 0.2) is 182 Å². The van der Waals surface area contributed by atoms with Gasteiger partial charge in [0.05, 0.1) is 27.7 Å². The number of carbonyl (C=O) groups excluding carboxylic acids is 2. The van der Waals surface area contributed by atoms with Crippen molar-refractivity contribution in [2.45, 2.75) is 174 Å². The zero-order valence-corrected chi connectivity index (χ0v) is 48.8. The van der Waals surface area contributed by atoms with E-state index in [0.717, 1.165) is 128 Å². The number of phosphoric ester groups is 1. The highest BCUT2D eigenvalue weighted by atomic mass is 31.2. The summed E-state index contributed by atoms with van der Waals surface area (Å²) in [5.74, 6) is -0.905. The SMILES string of the molecule is CC/C=C\C/C=C\C/C=C\C/C=C\C/C=C\C/C=C\C/C=C\C/C=C\C/C=C\C/C=C\C/C=C\CCCCCC(=O)OC(COC(=O)CCCC/C=C\C/C=C\C/C=C\C/C=C\CC)COP(=O)(O)OCC[N+](C)(C)C. The number of esters is 2. The van der Waals surface area contributed by atoms with Crippen LogP contribution in [0.2, 0.25) is 0 Å². The lowest BCUT2D eigenvalue weighted by molar-refractivity contribution is -0.870. The average Bonchev–Trinajstić information content (AvgIpc) is 3.38. The molecular formula is C66H103NO8P+. The van der Waals surface area contributed by atoms with E-state index < -0.39 is 32.5 Å². The fourth-order valence-corrected chi connectivity index (χ4v) is 7.34. The highest BCUT2D eigenvalue weighted by molar-refractivity contribution is 7.47. The lowest BCUT2D eigenvalue weighted by atomic mass is 10.1. The number of hydrogen-bond donors (Lipinski definition) is 1. The van der Waals surface area contributed by atoms with E-state index in [0.29, 0.717) is 23.9 Å². The van der Waals surface area contributed by atoms with E-state index in [2.05, 4.69) is 196 Å². The molecule has 0 radical (unpaired) electrons. The molecule has 2 unspecified atom stereocenters. The molecule has 76 heavy (non-hydrogen) atoms. The number of hydrogen-bond acceptors (Lipinski definition) is 7. The molecule has 2 atom stereocenters. The Balaban J connectivity index is 4.30. The zero-order valence-electron chi connectivity index (χ0n) is 47.9. The number of allylic oxidation sites excluding steroid dienone is 30. The molecule has 0 saturated carbocycles. The Morgan fingerprint density at radius 3 is 1.05 bits per heavy atom. The van der Waals surface area contributed by atoms with Crippen molar-refractivity contribution in [3.63, 3.8) is 0 Å². The van der Waals surface area contributed by atoms with Gasteiger partial charge in [-0.25, -0.2) is 4.57 Å². The smallest absolute Gasteiger partial charge is 0.462 e. The molecule has 10 heteroatoms. The maximum atomic E-state index is 12.8. The first-order valence-corrected chi connectivity index (χ1v) is 30.0. The van der Waals surface area contributed by atoms with Gasteiger partial charge in [0.15, 0.2) is 6.10 Å². The zero-order chi connectivity index (χ0) is 55.6. The summed E-state index contributed by atoms with van der Waals surface area (Å²) in [6, 6.07) is 0. The molecule has 0 saturated heterocycles. The molecule has 0 heterocycles. The van der Waals surface area contributed by atoms with Crippen molar-refractivity contribution in [2.75, 3.05) is 47.5 Å². The van der Waals surface area contributed by atoms with Crippen LogP contribution >= 0.6 is 7.82 Å². The van der Waals surface area contributed by atoms with Gasteiger partial charge in [-0.3, -0.25) is 18.6 Å². The Hall–Kier alpha value is -4.89. The fourth-order valence-electron chi connectivity index (χ4n) is 6.60. The normalized spacial score (nSPS) is 14.7. The monoisotopic (exact) mass is 1070 g/mol. The molecule has 9 nitrogen and oxygen atoms in total. The highest BCUT2D eigenvalue weighted by Crippen LogP contribution is 2.43. The number of nitrogens with zero attached hydrogens (tertiary/aromatic N) is 1. The van der Waals surface area contributed by atoms with E-state index in [4.69, 9.17) is 18.5 Å². The first-order chi connectivity index (χ1) is 37.0. The lowest BCUT2D eigenvalue weighted by Gasteiger charge is -2.24. The van der Waals surface area contributed by atoms with Crippen LogP contribution in [0.25, 0.3) is 0 Å². The van der Waals surface area contributed by atoms with E-state index in [1.54, 1.807) is 0 Å². The minimum Gasteiger partial charge on any atom is -0.462 e. The van der Waals surface area contributed by atoms with Crippen molar-refractivity contribution < 1.29 is 42.1 Å². The summed E-state index contributed by atoms with van der Waals surface area (Å²) in [5, 5.41) is 0. The van der Waals surface area contributed by atoms with Gasteiger partial charge in [0, 0.05) is 12.8 Å². The lowest BCUT2D eigenvalue weighted by Crippen LogP contribution is -2.37. The Kier molecular flexibility index (Phi) is 51.4. The molecule has 0 amide bonds. The molecular weight excluding hydrogens is 966 g/mol. The summed E-state index contributed by atoms with van der Waals surface area (Å²) >= 11 is 0. The van der Waals surface area contributed by atoms with Crippen LogP contribution in [0.3, 0.4) is 0 Å². The number of likely N-dealkylation sites (N-methyl/N-ethyl adjacent to an activating group) is 1. The molecule has 0 bridgehead atoms. The average molecular weight is 1070 g/mol. The van der Waals surface area contributed by atoms with Gasteiger partial charge in [-0.05, 0) is 135 Å². The van der Waals surface area contributed by atoms with E-state index >= 15 is 0 Å². The van der Waals surface area contributed by atoms with Crippen LogP contribution in [0.4, 0.5) is 0 Å². The van der Waals surface area contributed by atoms with Gasteiger partial charge >= 0.3 is 19.8 Å². The molecule has 0 aliphatic heterocycles. The third-order valence-corrected chi connectivity index (χ3v) is 11.9. The predicted molar refractivity (Wildman–Crippen MR) is 325 cm³/mol. The molecule has 1 N–H and O–H groups in total. The molecule has 424 valence electrons. The van der Waals surface area contributed by atoms with Crippen molar-refractivity contribution >= 4 is 19.8 Å². The minimum absolute atomic E-state index is 0.00688. The standard InChI is InChI=1S/C66H102NO8P/c1-6-8-10-12-14-16-18-20-22-23-24-25-26-27-28-29-30-31-32-33-34-35-36-37-38-39-40-41-42-43-45-47-49-51-53-55-57-59-66(69)75-64(63-74-76(70,71)73-61-60-67(3,4)5)62-72-65(68)58-56-54-52-50-48-46-44-21-19-17-15-13-11-9-7-2/h8-11,14-17,20-22,24-25,27-28,30-31,33-34,36-37,39-40,42-44,47-50,64H,6-7,12-13,18-19,23,26,29,32,35,38,41,45-46,51-63H2,1-5H3/p+1/b10-8-,11-9-,16-14-,17-15-,22-20-,25-24-,28-27-,31-30-,34-33-,37-36-,40-39-,43-42-,44-21-,49-47-,50-48-. The second kappa shape index (κ2) is 54.9. The molecule has 0 aromatic rings. The molecule has 0 aromatic heterocycles. The summed E-state index contributed by atoms with van der Waals surface area (Å²) in [6.07, 6.45) is 85.5. The van der Waals surface area contributed by atoms with E-state index in [9.17, 15) is 19.0 Å². The van der Waals surface area contributed by atoms with Crippen LogP contribution < -0.4 is 0 Å².